The lowest BCUT2D eigenvalue weighted by atomic mass is 10.0. The number of amides is 2. The largest absolute Gasteiger partial charge is 0.379 e. The molecule has 1 aliphatic rings. The zero-order valence-corrected chi connectivity index (χ0v) is 18.7. The molecule has 0 aromatic heterocycles. The number of nitrogens with zero attached hydrogens (tertiary/aromatic N) is 2. The van der Waals surface area contributed by atoms with Crippen molar-refractivity contribution in [1.82, 2.24) is 4.90 Å². The molecular weight excluding hydrogens is 410 g/mol. The molecule has 0 spiro atoms. The Labute approximate surface area is 187 Å². The molecule has 0 radical (unpaired) electrons. The third kappa shape index (κ3) is 5.03. The number of nitrogens with one attached hydrogen (secondary N) is 1. The molecule has 2 aromatic carbocycles. The molecule has 32 heavy (non-hydrogen) atoms. The van der Waals surface area contributed by atoms with Gasteiger partial charge in [0.2, 0.25) is 0 Å². The molecule has 2 aromatic rings. The van der Waals surface area contributed by atoms with E-state index in [9.17, 15) is 19.7 Å². The Bertz CT molecular complexity index is 1070. The number of hydrogen-bond donors (Lipinski definition) is 1. The summed E-state index contributed by atoms with van der Waals surface area (Å²) in [6, 6.07) is 11.3. The van der Waals surface area contributed by atoms with Gasteiger partial charge < -0.3 is 10.1 Å². The third-order valence-electron chi connectivity index (χ3n) is 5.29. The molecule has 0 unspecified atom stereocenters. The second kappa shape index (κ2) is 9.74. The van der Waals surface area contributed by atoms with Gasteiger partial charge in [-0.15, -0.1) is 0 Å². The van der Waals surface area contributed by atoms with Crippen LogP contribution in [0.15, 0.2) is 48.2 Å². The lowest BCUT2D eigenvalue weighted by Gasteiger charge is -2.16. The number of anilines is 1. The number of aryl methyl sites for hydroxylation is 2. The number of hydrogen-bond acceptors (Lipinski definition) is 6. The van der Waals surface area contributed by atoms with Crippen molar-refractivity contribution in [1.29, 1.82) is 0 Å². The average Bonchev–Trinajstić information content (AvgIpc) is 2.97. The molecule has 1 N–H and O–H groups in total. The summed E-state index contributed by atoms with van der Waals surface area (Å²) in [4.78, 5) is 38.1. The van der Waals surface area contributed by atoms with Crippen LogP contribution < -0.4 is 5.32 Å². The van der Waals surface area contributed by atoms with E-state index in [0.29, 0.717) is 24.3 Å². The molecule has 3 rings (SSSR count). The van der Waals surface area contributed by atoms with Gasteiger partial charge in [0.05, 0.1) is 16.6 Å². The zero-order valence-electron chi connectivity index (χ0n) is 18.7. The predicted octanol–water partition coefficient (Wildman–Crippen LogP) is 4.22. The number of rotatable bonds is 9. The molecular formula is C24H27N3O5. The highest BCUT2D eigenvalue weighted by Crippen LogP contribution is 2.32. The first-order valence-corrected chi connectivity index (χ1v) is 10.5. The first kappa shape index (κ1) is 23.1. The van der Waals surface area contributed by atoms with Crippen molar-refractivity contribution < 1.29 is 19.2 Å². The lowest BCUT2D eigenvalue weighted by Crippen LogP contribution is -2.34. The molecule has 168 valence electrons. The highest BCUT2D eigenvalue weighted by Gasteiger charge is 2.39. The Balaban J connectivity index is 1.94. The van der Waals surface area contributed by atoms with E-state index < -0.39 is 16.7 Å². The molecule has 0 atom stereocenters. The van der Waals surface area contributed by atoms with Crippen LogP contribution in [0.25, 0.3) is 5.57 Å². The highest BCUT2D eigenvalue weighted by atomic mass is 16.6. The fourth-order valence-electron chi connectivity index (χ4n) is 3.42. The molecule has 0 fully saturated rings. The van der Waals surface area contributed by atoms with Gasteiger partial charge in [0, 0.05) is 31.0 Å². The second-order valence-corrected chi connectivity index (χ2v) is 8.01. The standard InChI is InChI=1S/C24H27N3O5/c1-15(2)32-13-5-12-26-23(28)21(18-7-10-20(11-8-18)27(30)31)22(24(26)29)25-19-9-6-16(3)17(4)14-19/h6-11,14-15,25H,5,12-13H2,1-4H3. The number of carbonyl (C=O) groups excluding carboxylic acids is 2. The van der Waals surface area contributed by atoms with Gasteiger partial charge >= 0.3 is 0 Å². The summed E-state index contributed by atoms with van der Waals surface area (Å²) in [6.07, 6.45) is 0.580. The summed E-state index contributed by atoms with van der Waals surface area (Å²) < 4.78 is 5.52. The smallest absolute Gasteiger partial charge is 0.278 e. The molecule has 8 nitrogen and oxygen atoms in total. The Morgan fingerprint density at radius 2 is 1.72 bits per heavy atom. The SMILES string of the molecule is Cc1ccc(NC2=C(c3ccc([N+](=O)[O-])cc3)C(=O)N(CCCOC(C)C)C2=O)cc1C. The van der Waals surface area contributed by atoms with E-state index in [1.54, 1.807) is 0 Å². The summed E-state index contributed by atoms with van der Waals surface area (Å²) in [5.41, 5.74) is 3.57. The van der Waals surface area contributed by atoms with Gasteiger partial charge in [0.25, 0.3) is 17.5 Å². The molecule has 1 aliphatic heterocycles. The van der Waals surface area contributed by atoms with Crippen molar-refractivity contribution in [2.75, 3.05) is 18.5 Å². The van der Waals surface area contributed by atoms with Crippen LogP contribution in [-0.2, 0) is 14.3 Å². The highest BCUT2D eigenvalue weighted by molar-refractivity contribution is 6.36. The molecule has 0 bridgehead atoms. The summed E-state index contributed by atoms with van der Waals surface area (Å²) in [7, 11) is 0. The molecule has 0 saturated heterocycles. The van der Waals surface area contributed by atoms with Crippen LogP contribution in [0.2, 0.25) is 0 Å². The van der Waals surface area contributed by atoms with Crippen LogP contribution in [0.4, 0.5) is 11.4 Å². The summed E-state index contributed by atoms with van der Waals surface area (Å²) >= 11 is 0. The molecule has 1 heterocycles. The molecule has 0 saturated carbocycles. The van der Waals surface area contributed by atoms with E-state index in [-0.39, 0.29) is 29.6 Å². The van der Waals surface area contributed by atoms with E-state index in [2.05, 4.69) is 5.32 Å². The number of benzene rings is 2. The minimum absolute atomic E-state index is 0.0655. The maximum atomic E-state index is 13.2. The van der Waals surface area contributed by atoms with Gasteiger partial charge in [-0.2, -0.15) is 0 Å². The van der Waals surface area contributed by atoms with Crippen LogP contribution in [0.1, 0.15) is 37.0 Å². The van der Waals surface area contributed by atoms with Crippen molar-refractivity contribution in [2.24, 2.45) is 0 Å². The maximum absolute atomic E-state index is 13.2. The summed E-state index contributed by atoms with van der Waals surface area (Å²) in [5.74, 6) is -0.856. The quantitative estimate of drug-likeness (QED) is 0.273. The van der Waals surface area contributed by atoms with Crippen molar-refractivity contribution in [3.63, 3.8) is 0 Å². The van der Waals surface area contributed by atoms with Gasteiger partial charge in [-0.3, -0.25) is 24.6 Å². The van der Waals surface area contributed by atoms with Gasteiger partial charge in [-0.1, -0.05) is 6.07 Å². The van der Waals surface area contributed by atoms with Crippen molar-refractivity contribution >= 4 is 28.8 Å². The van der Waals surface area contributed by atoms with Crippen LogP contribution in [0, 0.1) is 24.0 Å². The molecule has 0 aliphatic carbocycles. The Morgan fingerprint density at radius 1 is 1.03 bits per heavy atom. The lowest BCUT2D eigenvalue weighted by molar-refractivity contribution is -0.384. The normalized spacial score (nSPS) is 14.0. The first-order valence-electron chi connectivity index (χ1n) is 10.5. The van der Waals surface area contributed by atoms with Gasteiger partial charge in [0.1, 0.15) is 5.70 Å². The van der Waals surface area contributed by atoms with E-state index >= 15 is 0 Å². The van der Waals surface area contributed by atoms with Crippen LogP contribution in [-0.4, -0.2) is 40.9 Å². The third-order valence-corrected chi connectivity index (χ3v) is 5.29. The summed E-state index contributed by atoms with van der Waals surface area (Å²) in [6.45, 7) is 8.46. The Hall–Kier alpha value is -3.52. The predicted molar refractivity (Wildman–Crippen MR) is 122 cm³/mol. The topological polar surface area (TPSA) is 102 Å². The minimum Gasteiger partial charge on any atom is -0.379 e. The Morgan fingerprint density at radius 3 is 2.31 bits per heavy atom. The van der Waals surface area contributed by atoms with Crippen LogP contribution in [0.3, 0.4) is 0 Å². The van der Waals surface area contributed by atoms with E-state index in [4.69, 9.17) is 4.74 Å². The van der Waals surface area contributed by atoms with E-state index in [0.717, 1.165) is 11.1 Å². The van der Waals surface area contributed by atoms with Crippen molar-refractivity contribution in [3.8, 4) is 0 Å². The number of imide groups is 1. The number of non-ortho nitro benzene ring substituents is 1. The monoisotopic (exact) mass is 437 g/mol. The van der Waals surface area contributed by atoms with Crippen LogP contribution in [0.5, 0.6) is 0 Å². The number of carbonyl (C=O) groups is 2. The van der Waals surface area contributed by atoms with Crippen molar-refractivity contribution in [2.45, 2.75) is 40.2 Å². The van der Waals surface area contributed by atoms with Gasteiger partial charge in [0.15, 0.2) is 0 Å². The minimum atomic E-state index is -0.505. The fraction of sp³-hybridized carbons (Fsp3) is 0.333. The number of nitro groups is 1. The Kier molecular flexibility index (Phi) is 7.05. The number of nitro benzene ring substituents is 1. The second-order valence-electron chi connectivity index (χ2n) is 8.01. The van der Waals surface area contributed by atoms with Gasteiger partial charge in [-0.05, 0) is 75.1 Å². The van der Waals surface area contributed by atoms with E-state index in [1.807, 2.05) is 45.9 Å². The average molecular weight is 437 g/mol. The summed E-state index contributed by atoms with van der Waals surface area (Å²) in [5, 5.41) is 14.1. The molecule has 8 heteroatoms. The fourth-order valence-corrected chi connectivity index (χ4v) is 3.42. The van der Waals surface area contributed by atoms with Crippen LogP contribution >= 0.6 is 0 Å². The molecule has 2 amide bonds. The zero-order chi connectivity index (χ0) is 23.4. The maximum Gasteiger partial charge on any atom is 0.278 e. The van der Waals surface area contributed by atoms with Gasteiger partial charge in [-0.25, -0.2) is 0 Å². The first-order chi connectivity index (χ1) is 15.2. The number of ether oxygens (including phenoxy) is 1. The van der Waals surface area contributed by atoms with E-state index in [1.165, 1.54) is 29.2 Å². The van der Waals surface area contributed by atoms with Crippen molar-refractivity contribution in [3.05, 3.63) is 75.0 Å².